The lowest BCUT2D eigenvalue weighted by Crippen LogP contribution is -2.49. The zero-order valence-electron chi connectivity index (χ0n) is 19.2. The second kappa shape index (κ2) is 10.2. The van der Waals surface area contributed by atoms with Gasteiger partial charge in [-0.2, -0.15) is 0 Å². The second-order valence-corrected chi connectivity index (χ2v) is 7.74. The minimum Gasteiger partial charge on any atom is -0.493 e. The van der Waals surface area contributed by atoms with E-state index in [0.29, 0.717) is 37.7 Å². The summed E-state index contributed by atoms with van der Waals surface area (Å²) in [4.78, 5) is 40.3. The van der Waals surface area contributed by atoms with Gasteiger partial charge in [-0.25, -0.2) is 0 Å². The van der Waals surface area contributed by atoms with Gasteiger partial charge < -0.3 is 29.0 Å². The van der Waals surface area contributed by atoms with Crippen LogP contribution in [0.3, 0.4) is 0 Å². The highest BCUT2D eigenvalue weighted by Crippen LogP contribution is 2.34. The zero-order valence-corrected chi connectivity index (χ0v) is 19.2. The first-order chi connectivity index (χ1) is 16.9. The molecule has 1 saturated heterocycles. The number of nitro groups is 1. The third kappa shape index (κ3) is 5.03. The molecule has 0 radical (unpaired) electrons. The molecular weight excluding hydrogens is 456 g/mol. The molecule has 0 saturated carbocycles. The standard InChI is InChI=1S/C24H24N4O7/c1-33-21-14-18(19(15-22(21)34-2)25-23(29)20-4-3-13-35-20)24(30)27-11-9-26(10-12-27)16-5-7-17(8-6-16)28(31)32/h3-8,13-15H,9-12H2,1-2H3,(H,25,29). The van der Waals surface area contributed by atoms with Crippen molar-refractivity contribution in [2.45, 2.75) is 0 Å². The van der Waals surface area contributed by atoms with Gasteiger partial charge >= 0.3 is 0 Å². The van der Waals surface area contributed by atoms with Crippen LogP contribution in [0.25, 0.3) is 0 Å². The first-order valence-corrected chi connectivity index (χ1v) is 10.8. The number of nitrogens with one attached hydrogen (secondary N) is 1. The molecule has 0 bridgehead atoms. The van der Waals surface area contributed by atoms with E-state index in [1.54, 1.807) is 35.2 Å². The summed E-state index contributed by atoms with van der Waals surface area (Å²) in [5, 5.41) is 13.6. The summed E-state index contributed by atoms with van der Waals surface area (Å²) in [7, 11) is 2.94. The van der Waals surface area contributed by atoms with Gasteiger partial charge in [0, 0.05) is 50.1 Å². The Morgan fingerprint density at radius 3 is 2.23 bits per heavy atom. The number of anilines is 2. The van der Waals surface area contributed by atoms with Crippen molar-refractivity contribution >= 4 is 28.9 Å². The van der Waals surface area contributed by atoms with Crippen molar-refractivity contribution in [3.05, 3.63) is 76.2 Å². The molecule has 11 nitrogen and oxygen atoms in total. The van der Waals surface area contributed by atoms with Crippen molar-refractivity contribution in [3.8, 4) is 11.5 Å². The molecule has 0 unspecified atom stereocenters. The molecular formula is C24H24N4O7. The maximum atomic E-state index is 13.5. The number of methoxy groups -OCH3 is 2. The van der Waals surface area contributed by atoms with Crippen LogP contribution in [0.4, 0.5) is 17.1 Å². The molecule has 0 spiro atoms. The molecule has 11 heteroatoms. The Morgan fingerprint density at radius 1 is 1.00 bits per heavy atom. The summed E-state index contributed by atoms with van der Waals surface area (Å²) in [6, 6.07) is 12.5. The predicted octanol–water partition coefficient (Wildman–Crippen LogP) is 3.42. The summed E-state index contributed by atoms with van der Waals surface area (Å²) >= 11 is 0. The Bertz CT molecular complexity index is 1220. The number of hydrogen-bond acceptors (Lipinski definition) is 8. The zero-order chi connectivity index (χ0) is 24.9. The second-order valence-electron chi connectivity index (χ2n) is 7.74. The lowest BCUT2D eigenvalue weighted by molar-refractivity contribution is -0.384. The van der Waals surface area contributed by atoms with Crippen LogP contribution in [-0.2, 0) is 0 Å². The minimum atomic E-state index is -0.501. The number of piperazine rings is 1. The van der Waals surface area contributed by atoms with Gasteiger partial charge in [0.15, 0.2) is 17.3 Å². The average molecular weight is 480 g/mol. The van der Waals surface area contributed by atoms with Crippen LogP contribution < -0.4 is 19.7 Å². The number of carbonyl (C=O) groups excluding carboxylic acids is 2. The highest BCUT2D eigenvalue weighted by Gasteiger charge is 2.27. The fourth-order valence-corrected chi connectivity index (χ4v) is 3.87. The van der Waals surface area contributed by atoms with Crippen molar-refractivity contribution < 1.29 is 28.4 Å². The van der Waals surface area contributed by atoms with E-state index in [1.165, 1.54) is 38.7 Å². The number of nitrogens with zero attached hydrogens (tertiary/aromatic N) is 3. The highest BCUT2D eigenvalue weighted by molar-refractivity contribution is 6.08. The van der Waals surface area contributed by atoms with Crippen LogP contribution in [0.15, 0.2) is 59.2 Å². The van der Waals surface area contributed by atoms with Crippen molar-refractivity contribution in [2.75, 3.05) is 50.6 Å². The number of benzene rings is 2. The van der Waals surface area contributed by atoms with Crippen molar-refractivity contribution in [1.29, 1.82) is 0 Å². The summed E-state index contributed by atoms with van der Waals surface area (Å²) in [6.07, 6.45) is 1.39. The smallest absolute Gasteiger partial charge is 0.291 e. The minimum absolute atomic E-state index is 0.0279. The summed E-state index contributed by atoms with van der Waals surface area (Å²) in [6.45, 7) is 1.95. The van der Waals surface area contributed by atoms with Crippen LogP contribution in [0.2, 0.25) is 0 Å². The van der Waals surface area contributed by atoms with Gasteiger partial charge in [0.1, 0.15) is 0 Å². The van der Waals surface area contributed by atoms with Gasteiger partial charge in [-0.05, 0) is 30.3 Å². The molecule has 1 aliphatic rings. The Kier molecular flexibility index (Phi) is 6.86. The molecule has 0 aliphatic carbocycles. The predicted molar refractivity (Wildman–Crippen MR) is 127 cm³/mol. The van der Waals surface area contributed by atoms with E-state index >= 15 is 0 Å². The number of rotatable bonds is 7. The lowest BCUT2D eigenvalue weighted by Gasteiger charge is -2.36. The van der Waals surface area contributed by atoms with Gasteiger partial charge in [-0.15, -0.1) is 0 Å². The van der Waals surface area contributed by atoms with Crippen LogP contribution in [0.5, 0.6) is 11.5 Å². The quantitative estimate of drug-likeness (QED) is 0.403. The number of nitro benzene ring substituents is 1. The van der Waals surface area contributed by atoms with Crippen molar-refractivity contribution in [3.63, 3.8) is 0 Å². The number of carbonyl (C=O) groups is 2. The van der Waals surface area contributed by atoms with Crippen LogP contribution >= 0.6 is 0 Å². The van der Waals surface area contributed by atoms with Gasteiger partial charge in [0.05, 0.1) is 36.7 Å². The summed E-state index contributed by atoms with van der Waals surface area (Å²) in [5.74, 6) is 0.0522. The molecule has 2 heterocycles. The molecule has 1 fully saturated rings. The number of amides is 2. The molecule has 2 aromatic carbocycles. The monoisotopic (exact) mass is 480 g/mol. The average Bonchev–Trinajstić information content (AvgIpc) is 3.43. The number of non-ortho nitro benzene ring substituents is 1. The molecule has 4 rings (SSSR count). The van der Waals surface area contributed by atoms with Gasteiger partial charge in [-0.1, -0.05) is 0 Å². The van der Waals surface area contributed by atoms with E-state index in [1.807, 2.05) is 0 Å². The van der Waals surface area contributed by atoms with E-state index in [4.69, 9.17) is 13.9 Å². The Morgan fingerprint density at radius 2 is 1.66 bits per heavy atom. The topological polar surface area (TPSA) is 127 Å². The van der Waals surface area contributed by atoms with E-state index < -0.39 is 10.8 Å². The van der Waals surface area contributed by atoms with Crippen molar-refractivity contribution in [1.82, 2.24) is 4.90 Å². The normalized spacial score (nSPS) is 13.3. The third-order valence-electron chi connectivity index (χ3n) is 5.74. The lowest BCUT2D eigenvalue weighted by atomic mass is 10.1. The molecule has 1 aliphatic heterocycles. The van der Waals surface area contributed by atoms with Gasteiger partial charge in [0.2, 0.25) is 0 Å². The highest BCUT2D eigenvalue weighted by atomic mass is 16.6. The number of hydrogen-bond donors (Lipinski definition) is 1. The van der Waals surface area contributed by atoms with Crippen LogP contribution in [0, 0.1) is 10.1 Å². The first kappa shape index (κ1) is 23.6. The molecule has 0 atom stereocenters. The molecule has 3 aromatic rings. The molecule has 2 amide bonds. The van der Waals surface area contributed by atoms with Gasteiger partial charge in [0.25, 0.3) is 17.5 Å². The Balaban J connectivity index is 1.53. The molecule has 182 valence electrons. The molecule has 35 heavy (non-hydrogen) atoms. The largest absolute Gasteiger partial charge is 0.493 e. The van der Waals surface area contributed by atoms with E-state index in [2.05, 4.69) is 10.2 Å². The van der Waals surface area contributed by atoms with Gasteiger partial charge in [-0.3, -0.25) is 19.7 Å². The fraction of sp³-hybridized carbons (Fsp3) is 0.250. The fourth-order valence-electron chi connectivity index (χ4n) is 3.87. The SMILES string of the molecule is COc1cc(NC(=O)c2ccco2)c(C(=O)N2CCN(c3ccc([N+](=O)[O-])cc3)CC2)cc1OC. The molecule has 1 N–H and O–H groups in total. The maximum absolute atomic E-state index is 13.5. The van der Waals surface area contributed by atoms with E-state index in [-0.39, 0.29) is 28.6 Å². The number of ether oxygens (including phenoxy) is 2. The first-order valence-electron chi connectivity index (χ1n) is 10.8. The molecule has 1 aromatic heterocycles. The van der Waals surface area contributed by atoms with E-state index in [9.17, 15) is 19.7 Å². The third-order valence-corrected chi connectivity index (χ3v) is 5.74. The van der Waals surface area contributed by atoms with E-state index in [0.717, 1.165) is 5.69 Å². The summed E-state index contributed by atoms with van der Waals surface area (Å²) in [5.41, 5.74) is 1.40. The van der Waals surface area contributed by atoms with Crippen LogP contribution in [-0.4, -0.2) is 62.0 Å². The maximum Gasteiger partial charge on any atom is 0.291 e. The van der Waals surface area contributed by atoms with Crippen molar-refractivity contribution in [2.24, 2.45) is 0 Å². The Hall–Kier alpha value is -4.54. The number of furan rings is 1. The summed E-state index contributed by atoms with van der Waals surface area (Å²) < 4.78 is 15.9. The Labute approximate surface area is 201 Å². The van der Waals surface area contributed by atoms with Crippen LogP contribution in [0.1, 0.15) is 20.9 Å².